The van der Waals surface area contributed by atoms with Crippen molar-refractivity contribution >= 4 is 45.0 Å². The minimum Gasteiger partial charge on any atom is -0.489 e. The Bertz CT molecular complexity index is 974. The molecule has 0 atom stereocenters. The van der Waals surface area contributed by atoms with Crippen molar-refractivity contribution in [2.45, 2.75) is 6.61 Å². The van der Waals surface area contributed by atoms with Crippen LogP contribution in [0.4, 0.5) is 10.1 Å². The number of benzene rings is 2. The van der Waals surface area contributed by atoms with Crippen LogP contribution >= 0.6 is 23.6 Å². The number of hydrogen-bond acceptors (Lipinski definition) is 7. The van der Waals surface area contributed by atoms with Gasteiger partial charge in [0.1, 0.15) is 18.6 Å². The van der Waals surface area contributed by atoms with Gasteiger partial charge in [-0.25, -0.2) is 4.98 Å². The molecular formula is C18H15N5O3S2. The number of aromatic nitrogens is 1. The van der Waals surface area contributed by atoms with E-state index in [2.05, 4.69) is 20.8 Å². The molecule has 3 aromatic rings. The summed E-state index contributed by atoms with van der Waals surface area (Å²) in [5.74, 6) is 0.761. The fourth-order valence-corrected chi connectivity index (χ4v) is 2.94. The molecule has 0 saturated heterocycles. The molecule has 0 amide bonds. The van der Waals surface area contributed by atoms with Gasteiger partial charge in [0.25, 0.3) is 0 Å². The summed E-state index contributed by atoms with van der Waals surface area (Å²) >= 11 is 5.96. The molecular weight excluding hydrogens is 398 g/mol. The highest BCUT2D eigenvalue weighted by atomic mass is 32.1. The van der Waals surface area contributed by atoms with Crippen molar-refractivity contribution in [2.24, 2.45) is 5.10 Å². The summed E-state index contributed by atoms with van der Waals surface area (Å²) in [4.78, 5) is 14.0. The van der Waals surface area contributed by atoms with E-state index in [0.29, 0.717) is 11.7 Å². The zero-order valence-electron chi connectivity index (χ0n) is 14.4. The Kier molecular flexibility index (Phi) is 6.60. The lowest BCUT2D eigenvalue weighted by Crippen LogP contribution is -2.23. The maximum absolute atomic E-state index is 10.6. The van der Waals surface area contributed by atoms with Gasteiger partial charge in [0.2, 0.25) is 0 Å². The molecule has 2 aromatic carbocycles. The van der Waals surface area contributed by atoms with E-state index in [1.807, 2.05) is 54.6 Å². The molecule has 2 N–H and O–H groups in total. The van der Waals surface area contributed by atoms with E-state index >= 15 is 0 Å². The predicted molar refractivity (Wildman–Crippen MR) is 113 cm³/mol. The lowest BCUT2D eigenvalue weighted by molar-refractivity contribution is -0.380. The molecule has 0 bridgehead atoms. The summed E-state index contributed by atoms with van der Waals surface area (Å²) in [6.07, 6.45) is 2.76. The molecule has 0 fully saturated rings. The van der Waals surface area contributed by atoms with Gasteiger partial charge >= 0.3 is 5.00 Å². The summed E-state index contributed by atoms with van der Waals surface area (Å²) in [5, 5.41) is 17.8. The molecule has 0 aliphatic heterocycles. The number of rotatable bonds is 7. The van der Waals surface area contributed by atoms with Crippen LogP contribution in [0.5, 0.6) is 5.75 Å². The molecule has 3 rings (SSSR count). The van der Waals surface area contributed by atoms with Crippen LogP contribution in [-0.4, -0.2) is 21.2 Å². The van der Waals surface area contributed by atoms with Gasteiger partial charge in [-0.2, -0.15) is 5.10 Å². The van der Waals surface area contributed by atoms with E-state index in [1.54, 1.807) is 6.21 Å². The zero-order chi connectivity index (χ0) is 19.8. The molecule has 10 heteroatoms. The first-order chi connectivity index (χ1) is 13.6. The third-order valence-electron chi connectivity index (χ3n) is 3.40. The van der Waals surface area contributed by atoms with Crippen LogP contribution in [0.1, 0.15) is 11.1 Å². The van der Waals surface area contributed by atoms with Crippen LogP contribution in [-0.2, 0) is 6.61 Å². The number of thiazole rings is 1. The molecule has 0 spiro atoms. The van der Waals surface area contributed by atoms with Crippen molar-refractivity contribution in [3.05, 3.63) is 82.0 Å². The maximum Gasteiger partial charge on any atom is 0.345 e. The van der Waals surface area contributed by atoms with Gasteiger partial charge in [0.05, 0.1) is 11.1 Å². The van der Waals surface area contributed by atoms with Gasteiger partial charge in [-0.3, -0.25) is 15.5 Å². The van der Waals surface area contributed by atoms with Crippen molar-refractivity contribution < 1.29 is 9.66 Å². The van der Waals surface area contributed by atoms with Crippen molar-refractivity contribution in [3.8, 4) is 5.75 Å². The average Bonchev–Trinajstić information content (AvgIpc) is 3.17. The Hall–Kier alpha value is -3.37. The SMILES string of the molecule is O=[N+]([O-])c1cnc(NC(=S)NN=Cc2ccc(OCc3ccccc3)cc2)s1. The molecule has 28 heavy (non-hydrogen) atoms. The second-order valence-corrected chi connectivity index (χ2v) is 6.85. The van der Waals surface area contributed by atoms with Crippen molar-refractivity contribution in [2.75, 3.05) is 5.32 Å². The quantitative estimate of drug-likeness (QED) is 0.262. The normalized spacial score (nSPS) is 10.6. The Morgan fingerprint density at radius 3 is 2.68 bits per heavy atom. The third kappa shape index (κ3) is 5.83. The lowest BCUT2D eigenvalue weighted by Gasteiger charge is -2.06. The number of nitrogens with one attached hydrogen (secondary N) is 2. The molecule has 0 saturated carbocycles. The average molecular weight is 413 g/mol. The monoisotopic (exact) mass is 413 g/mol. The summed E-state index contributed by atoms with van der Waals surface area (Å²) in [6, 6.07) is 17.4. The van der Waals surface area contributed by atoms with Gasteiger partial charge in [-0.15, -0.1) is 0 Å². The predicted octanol–water partition coefficient (Wildman–Crippen LogP) is 3.95. The molecule has 8 nitrogen and oxygen atoms in total. The Balaban J connectivity index is 1.46. The second kappa shape index (κ2) is 9.53. The first-order valence-electron chi connectivity index (χ1n) is 8.07. The summed E-state index contributed by atoms with van der Waals surface area (Å²) in [6.45, 7) is 0.505. The molecule has 142 valence electrons. The molecule has 0 unspecified atom stereocenters. The summed E-state index contributed by atoms with van der Waals surface area (Å²) < 4.78 is 5.73. The minimum atomic E-state index is -0.509. The number of anilines is 1. The van der Waals surface area contributed by atoms with E-state index in [1.165, 1.54) is 6.20 Å². The highest BCUT2D eigenvalue weighted by Crippen LogP contribution is 2.24. The Labute approximate surface area is 170 Å². The van der Waals surface area contributed by atoms with Crippen molar-refractivity contribution in [3.63, 3.8) is 0 Å². The van der Waals surface area contributed by atoms with Gasteiger partial charge < -0.3 is 10.1 Å². The van der Waals surface area contributed by atoms with E-state index in [0.717, 1.165) is 28.2 Å². The van der Waals surface area contributed by atoms with E-state index in [9.17, 15) is 10.1 Å². The van der Waals surface area contributed by atoms with Crippen LogP contribution in [0.15, 0.2) is 65.9 Å². The van der Waals surface area contributed by atoms with E-state index in [-0.39, 0.29) is 10.1 Å². The molecule has 0 aliphatic carbocycles. The first-order valence-corrected chi connectivity index (χ1v) is 9.30. The number of nitrogens with zero attached hydrogens (tertiary/aromatic N) is 3. The molecule has 0 radical (unpaired) electrons. The summed E-state index contributed by atoms with van der Waals surface area (Å²) in [7, 11) is 0. The fraction of sp³-hybridized carbons (Fsp3) is 0.0556. The van der Waals surface area contributed by atoms with Gasteiger partial charge in [0, 0.05) is 0 Å². The van der Waals surface area contributed by atoms with Crippen LogP contribution < -0.4 is 15.5 Å². The molecule has 1 heterocycles. The van der Waals surface area contributed by atoms with Gasteiger partial charge in [-0.1, -0.05) is 30.3 Å². The Morgan fingerprint density at radius 1 is 1.25 bits per heavy atom. The van der Waals surface area contributed by atoms with Crippen LogP contribution in [0, 0.1) is 10.1 Å². The number of hydrazone groups is 1. The molecule has 0 aliphatic rings. The van der Waals surface area contributed by atoms with E-state index in [4.69, 9.17) is 17.0 Å². The molecule has 1 aromatic heterocycles. The number of thiocarbonyl (C=S) groups is 1. The van der Waals surface area contributed by atoms with Gasteiger partial charge in [0.15, 0.2) is 10.2 Å². The standard InChI is InChI=1S/C18H15N5O3S2/c24-23(25)16-11-19-18(28-16)21-17(27)22-20-10-13-6-8-15(9-7-13)26-12-14-4-2-1-3-5-14/h1-11H,12H2,(H2,19,21,22,27). The second-order valence-electron chi connectivity index (χ2n) is 5.43. The van der Waals surface area contributed by atoms with Gasteiger partial charge in [-0.05, 0) is 58.9 Å². The van der Waals surface area contributed by atoms with Crippen LogP contribution in [0.25, 0.3) is 0 Å². The van der Waals surface area contributed by atoms with E-state index < -0.39 is 4.92 Å². The lowest BCUT2D eigenvalue weighted by atomic mass is 10.2. The van der Waals surface area contributed by atoms with Crippen LogP contribution in [0.3, 0.4) is 0 Å². The third-order valence-corrected chi connectivity index (χ3v) is 4.46. The first kappa shape index (κ1) is 19.4. The number of ether oxygens (including phenoxy) is 1. The highest BCUT2D eigenvalue weighted by Gasteiger charge is 2.11. The fourth-order valence-electron chi connectivity index (χ4n) is 2.09. The summed E-state index contributed by atoms with van der Waals surface area (Å²) in [5.41, 5.74) is 4.59. The maximum atomic E-state index is 10.6. The minimum absolute atomic E-state index is 0.0663. The zero-order valence-corrected chi connectivity index (χ0v) is 16.1. The van der Waals surface area contributed by atoms with Crippen molar-refractivity contribution in [1.29, 1.82) is 0 Å². The topological polar surface area (TPSA) is 102 Å². The Morgan fingerprint density at radius 2 is 2.00 bits per heavy atom. The number of hydrogen-bond donors (Lipinski definition) is 2. The highest BCUT2D eigenvalue weighted by molar-refractivity contribution is 7.80. The smallest absolute Gasteiger partial charge is 0.345 e. The van der Waals surface area contributed by atoms with Crippen LogP contribution in [0.2, 0.25) is 0 Å². The van der Waals surface area contributed by atoms with Crippen molar-refractivity contribution in [1.82, 2.24) is 10.4 Å². The number of nitro groups is 1. The largest absolute Gasteiger partial charge is 0.489 e.